The van der Waals surface area contributed by atoms with Gasteiger partial charge in [0.25, 0.3) is 0 Å². The predicted molar refractivity (Wildman–Crippen MR) is 56.8 cm³/mol. The fourth-order valence-corrected chi connectivity index (χ4v) is 1.22. The van der Waals surface area contributed by atoms with E-state index < -0.39 is 15.3 Å². The molecule has 0 aromatic heterocycles. The second-order valence-corrected chi connectivity index (χ2v) is 6.38. The summed E-state index contributed by atoms with van der Waals surface area (Å²) in [5, 5.41) is 2.61. The fourth-order valence-electron chi connectivity index (χ4n) is 0.750. The average Bonchev–Trinajstić information content (AvgIpc) is 2.02. The lowest BCUT2D eigenvalue weighted by atomic mass is 9.89. The maximum atomic E-state index is 11.5. The Morgan fingerprint density at radius 2 is 1.86 bits per heavy atom. The summed E-state index contributed by atoms with van der Waals surface area (Å²) in [5.74, 6) is -0.0953. The van der Waals surface area contributed by atoms with Gasteiger partial charge in [-0.3, -0.25) is 4.79 Å². The van der Waals surface area contributed by atoms with E-state index in [0.717, 1.165) is 12.7 Å². The van der Waals surface area contributed by atoms with Crippen molar-refractivity contribution in [2.24, 2.45) is 5.41 Å². The van der Waals surface area contributed by atoms with Gasteiger partial charge in [-0.25, -0.2) is 8.42 Å². The molecule has 0 aliphatic rings. The first kappa shape index (κ1) is 13.4. The smallest absolute Gasteiger partial charge is 0.225 e. The number of hydrogen-bond donors (Lipinski definition) is 1. The van der Waals surface area contributed by atoms with E-state index in [2.05, 4.69) is 5.32 Å². The molecule has 0 atom stereocenters. The highest BCUT2D eigenvalue weighted by atomic mass is 32.2. The van der Waals surface area contributed by atoms with Crippen molar-refractivity contribution in [1.82, 2.24) is 5.32 Å². The molecule has 0 bridgehead atoms. The molecule has 1 amide bonds. The van der Waals surface area contributed by atoms with Crippen molar-refractivity contribution in [3.05, 3.63) is 0 Å². The van der Waals surface area contributed by atoms with Crippen LogP contribution in [0.4, 0.5) is 0 Å². The Bertz CT molecular complexity index is 293. The first-order valence-electron chi connectivity index (χ1n) is 4.65. The summed E-state index contributed by atoms with van der Waals surface area (Å²) >= 11 is 0. The minimum Gasteiger partial charge on any atom is -0.355 e. The summed E-state index contributed by atoms with van der Waals surface area (Å²) in [7, 11) is -2.99. The molecule has 0 aromatic carbocycles. The summed E-state index contributed by atoms with van der Waals surface area (Å²) in [5.41, 5.74) is -0.419. The maximum Gasteiger partial charge on any atom is 0.225 e. The molecule has 1 N–H and O–H groups in total. The van der Waals surface area contributed by atoms with Gasteiger partial charge in [0.2, 0.25) is 5.91 Å². The molecule has 0 aromatic rings. The Hall–Kier alpha value is -0.580. The van der Waals surface area contributed by atoms with Gasteiger partial charge in [-0.2, -0.15) is 0 Å². The molecule has 0 aliphatic heterocycles. The first-order chi connectivity index (χ1) is 6.19. The largest absolute Gasteiger partial charge is 0.355 e. The van der Waals surface area contributed by atoms with Crippen molar-refractivity contribution in [3.8, 4) is 0 Å². The van der Waals surface area contributed by atoms with Crippen LogP contribution in [-0.4, -0.2) is 32.9 Å². The minimum absolute atomic E-state index is 0.00145. The molecule has 14 heavy (non-hydrogen) atoms. The second-order valence-electron chi connectivity index (χ2n) is 4.12. The lowest BCUT2D eigenvalue weighted by molar-refractivity contribution is -0.129. The number of sulfone groups is 1. The molecule has 4 nitrogen and oxygen atoms in total. The van der Waals surface area contributed by atoms with Gasteiger partial charge in [0.05, 0.1) is 5.75 Å². The van der Waals surface area contributed by atoms with Gasteiger partial charge in [0.1, 0.15) is 9.84 Å². The number of amides is 1. The summed E-state index contributed by atoms with van der Waals surface area (Å²) in [6.45, 7) is 5.79. The number of nitrogens with one attached hydrogen (secondary N) is 1. The lowest BCUT2D eigenvalue weighted by Gasteiger charge is -2.21. The Labute approximate surface area is 86.0 Å². The van der Waals surface area contributed by atoms with Crippen molar-refractivity contribution in [3.63, 3.8) is 0 Å². The van der Waals surface area contributed by atoms with Crippen LogP contribution in [-0.2, 0) is 14.6 Å². The predicted octanol–water partition coefficient (Wildman–Crippen LogP) is 0.583. The van der Waals surface area contributed by atoms with Crippen LogP contribution in [0, 0.1) is 5.41 Å². The minimum atomic E-state index is -2.99. The molecule has 0 saturated carbocycles. The SMILES string of the molecule is CCC(C)(C)C(=O)NCCS(C)(=O)=O. The molecule has 0 rings (SSSR count). The standard InChI is InChI=1S/C9H19NO3S/c1-5-9(2,3)8(11)10-6-7-14(4,12)13/h5-7H2,1-4H3,(H,10,11). The third-order valence-corrected chi connectivity index (χ3v) is 3.20. The van der Waals surface area contributed by atoms with Crippen LogP contribution < -0.4 is 5.32 Å². The normalized spacial score (nSPS) is 12.6. The topological polar surface area (TPSA) is 63.2 Å². The first-order valence-corrected chi connectivity index (χ1v) is 6.71. The van der Waals surface area contributed by atoms with E-state index >= 15 is 0 Å². The van der Waals surface area contributed by atoms with Gasteiger partial charge in [-0.05, 0) is 6.42 Å². The zero-order chi connectivity index (χ0) is 11.4. The summed E-state index contributed by atoms with van der Waals surface area (Å²) in [6, 6.07) is 0. The van der Waals surface area contributed by atoms with Crippen LogP contribution in [0.1, 0.15) is 27.2 Å². The Morgan fingerprint density at radius 3 is 2.21 bits per heavy atom. The zero-order valence-corrected chi connectivity index (χ0v) is 10.1. The van der Waals surface area contributed by atoms with E-state index in [-0.39, 0.29) is 18.2 Å². The Morgan fingerprint density at radius 1 is 1.36 bits per heavy atom. The van der Waals surface area contributed by atoms with Crippen molar-refractivity contribution < 1.29 is 13.2 Å². The third kappa shape index (κ3) is 5.21. The number of rotatable bonds is 5. The van der Waals surface area contributed by atoms with Crippen molar-refractivity contribution >= 4 is 15.7 Å². The van der Waals surface area contributed by atoms with Crippen molar-refractivity contribution in [2.75, 3.05) is 18.6 Å². The van der Waals surface area contributed by atoms with Crippen LogP contribution in [0.2, 0.25) is 0 Å². The van der Waals surface area contributed by atoms with Crippen LogP contribution in [0.25, 0.3) is 0 Å². The molecule has 84 valence electrons. The Kier molecular flexibility index (Phi) is 4.58. The van der Waals surface area contributed by atoms with Gasteiger partial charge >= 0.3 is 0 Å². The molecular formula is C9H19NO3S. The van der Waals surface area contributed by atoms with E-state index in [1.165, 1.54) is 0 Å². The summed E-state index contributed by atoms with van der Waals surface area (Å²) in [6.07, 6.45) is 1.89. The van der Waals surface area contributed by atoms with Gasteiger partial charge in [0, 0.05) is 18.2 Å². The summed E-state index contributed by atoms with van der Waals surface area (Å²) in [4.78, 5) is 11.5. The molecule has 0 spiro atoms. The fraction of sp³-hybridized carbons (Fsp3) is 0.889. The molecular weight excluding hydrogens is 202 g/mol. The highest BCUT2D eigenvalue weighted by Gasteiger charge is 2.24. The molecule has 0 radical (unpaired) electrons. The molecule has 0 unspecified atom stereocenters. The number of carbonyl (C=O) groups excluding carboxylic acids is 1. The van der Waals surface area contributed by atoms with Crippen LogP contribution in [0.5, 0.6) is 0 Å². The van der Waals surface area contributed by atoms with E-state index in [9.17, 15) is 13.2 Å². The molecule has 0 fully saturated rings. The molecule has 0 saturated heterocycles. The molecule has 5 heteroatoms. The average molecular weight is 221 g/mol. The third-order valence-electron chi connectivity index (χ3n) is 2.26. The summed E-state index contributed by atoms with van der Waals surface area (Å²) < 4.78 is 21.6. The lowest BCUT2D eigenvalue weighted by Crippen LogP contribution is -2.38. The highest BCUT2D eigenvalue weighted by Crippen LogP contribution is 2.18. The quantitative estimate of drug-likeness (QED) is 0.738. The number of hydrogen-bond acceptors (Lipinski definition) is 3. The van der Waals surface area contributed by atoms with Gasteiger partial charge in [-0.1, -0.05) is 20.8 Å². The van der Waals surface area contributed by atoms with Crippen molar-refractivity contribution in [1.29, 1.82) is 0 Å². The van der Waals surface area contributed by atoms with E-state index in [0.29, 0.717) is 0 Å². The molecule has 0 heterocycles. The number of carbonyl (C=O) groups is 1. The van der Waals surface area contributed by atoms with Crippen molar-refractivity contribution in [2.45, 2.75) is 27.2 Å². The van der Waals surface area contributed by atoms with Crippen LogP contribution in [0.15, 0.2) is 0 Å². The van der Waals surface area contributed by atoms with Crippen LogP contribution in [0.3, 0.4) is 0 Å². The van der Waals surface area contributed by atoms with E-state index in [1.54, 1.807) is 0 Å². The monoisotopic (exact) mass is 221 g/mol. The van der Waals surface area contributed by atoms with E-state index in [4.69, 9.17) is 0 Å². The van der Waals surface area contributed by atoms with Crippen LogP contribution >= 0.6 is 0 Å². The zero-order valence-electron chi connectivity index (χ0n) is 9.25. The highest BCUT2D eigenvalue weighted by molar-refractivity contribution is 7.90. The van der Waals surface area contributed by atoms with Gasteiger partial charge in [-0.15, -0.1) is 0 Å². The van der Waals surface area contributed by atoms with Gasteiger partial charge < -0.3 is 5.32 Å². The van der Waals surface area contributed by atoms with Gasteiger partial charge in [0.15, 0.2) is 0 Å². The Balaban J connectivity index is 3.99. The molecule has 0 aliphatic carbocycles. The van der Waals surface area contributed by atoms with E-state index in [1.807, 2.05) is 20.8 Å². The maximum absolute atomic E-state index is 11.5. The second kappa shape index (κ2) is 4.77.